The van der Waals surface area contributed by atoms with Gasteiger partial charge in [0.2, 0.25) is 0 Å². The molecule has 1 N–H and O–H groups in total. The summed E-state index contributed by atoms with van der Waals surface area (Å²) in [5, 5.41) is 0. The minimum absolute atomic E-state index is 0.0656. The van der Waals surface area contributed by atoms with Gasteiger partial charge in [0, 0.05) is 25.2 Å². The number of carbonyl (C=O) groups excluding carboxylic acids is 1. The first kappa shape index (κ1) is 19.1. The molecule has 1 unspecified atom stereocenters. The first-order valence-corrected chi connectivity index (χ1v) is 9.76. The number of carbonyl (C=O) groups is 1. The van der Waals surface area contributed by atoms with E-state index in [2.05, 4.69) is 34.2 Å². The molecule has 0 radical (unpaired) electrons. The van der Waals surface area contributed by atoms with Gasteiger partial charge in [-0.25, -0.2) is 4.98 Å². The number of nitrogens with one attached hydrogen (secondary N) is 1. The fraction of sp³-hybridized carbons (Fsp3) is 0.261. The van der Waals surface area contributed by atoms with Crippen molar-refractivity contribution in [1.82, 2.24) is 14.9 Å². The van der Waals surface area contributed by atoms with Crippen LogP contribution in [0.4, 0.5) is 0 Å². The molecule has 148 valence electrons. The zero-order valence-electron chi connectivity index (χ0n) is 16.0. The van der Waals surface area contributed by atoms with Crippen LogP contribution in [-0.2, 0) is 4.74 Å². The van der Waals surface area contributed by atoms with Gasteiger partial charge in [0.25, 0.3) is 11.5 Å². The van der Waals surface area contributed by atoms with Crippen LogP contribution < -0.4 is 5.56 Å². The highest BCUT2D eigenvalue weighted by molar-refractivity contribution is 5.93. The molecule has 6 nitrogen and oxygen atoms in total. The van der Waals surface area contributed by atoms with Crippen LogP contribution in [0.3, 0.4) is 0 Å². The first-order valence-electron chi connectivity index (χ1n) is 9.76. The van der Waals surface area contributed by atoms with Gasteiger partial charge >= 0.3 is 0 Å². The summed E-state index contributed by atoms with van der Waals surface area (Å²) in [6.07, 6.45) is 3.24. The van der Waals surface area contributed by atoms with Crippen molar-refractivity contribution in [2.24, 2.45) is 0 Å². The minimum Gasteiger partial charge on any atom is -0.375 e. The Kier molecular flexibility index (Phi) is 5.81. The van der Waals surface area contributed by atoms with Crippen molar-refractivity contribution in [1.29, 1.82) is 0 Å². The highest BCUT2D eigenvalue weighted by Crippen LogP contribution is 2.31. The lowest BCUT2D eigenvalue weighted by Crippen LogP contribution is -2.47. The van der Waals surface area contributed by atoms with E-state index >= 15 is 0 Å². The van der Waals surface area contributed by atoms with Crippen molar-refractivity contribution in [2.75, 3.05) is 19.7 Å². The van der Waals surface area contributed by atoms with Gasteiger partial charge in [-0.2, -0.15) is 0 Å². The summed E-state index contributed by atoms with van der Waals surface area (Å²) in [5.74, 6) is -0.136. The molecule has 3 aromatic rings. The van der Waals surface area contributed by atoms with E-state index in [0.717, 1.165) is 6.42 Å². The molecule has 2 aromatic carbocycles. The number of amides is 1. The number of benzene rings is 2. The predicted molar refractivity (Wildman–Crippen MR) is 110 cm³/mol. The van der Waals surface area contributed by atoms with Crippen molar-refractivity contribution in [2.45, 2.75) is 18.4 Å². The lowest BCUT2D eigenvalue weighted by atomic mass is 9.86. The summed E-state index contributed by atoms with van der Waals surface area (Å²) < 4.78 is 6.00. The van der Waals surface area contributed by atoms with Crippen LogP contribution in [-0.4, -0.2) is 46.6 Å². The number of aromatic amines is 1. The number of ether oxygens (including phenoxy) is 1. The molecule has 2 heterocycles. The molecule has 0 bridgehead atoms. The second-order valence-electron chi connectivity index (χ2n) is 7.15. The molecule has 1 saturated heterocycles. The number of H-pyrrole nitrogens is 1. The zero-order valence-corrected chi connectivity index (χ0v) is 16.0. The Bertz CT molecular complexity index is 965. The van der Waals surface area contributed by atoms with Gasteiger partial charge in [-0.3, -0.25) is 9.59 Å². The molecule has 1 fully saturated rings. The van der Waals surface area contributed by atoms with E-state index in [9.17, 15) is 9.59 Å². The Morgan fingerprint density at radius 2 is 1.76 bits per heavy atom. The average Bonchev–Trinajstić information content (AvgIpc) is 2.79. The third-order valence-corrected chi connectivity index (χ3v) is 5.28. The van der Waals surface area contributed by atoms with E-state index in [-0.39, 0.29) is 23.5 Å². The predicted octanol–water partition coefficient (Wildman–Crippen LogP) is 2.83. The van der Waals surface area contributed by atoms with Gasteiger partial charge in [-0.1, -0.05) is 60.7 Å². The van der Waals surface area contributed by atoms with E-state index in [1.807, 2.05) is 36.4 Å². The molecule has 1 aliphatic heterocycles. The Hall–Kier alpha value is -3.25. The smallest absolute Gasteiger partial charge is 0.263 e. The van der Waals surface area contributed by atoms with E-state index in [1.165, 1.54) is 23.7 Å². The number of aromatic nitrogens is 2. The lowest BCUT2D eigenvalue weighted by molar-refractivity contribution is -0.0264. The summed E-state index contributed by atoms with van der Waals surface area (Å²) in [7, 11) is 0. The second-order valence-corrected chi connectivity index (χ2v) is 7.15. The number of morpholine rings is 1. The second kappa shape index (κ2) is 8.84. The average molecular weight is 389 g/mol. The summed E-state index contributed by atoms with van der Waals surface area (Å²) in [4.78, 5) is 32.8. The molecule has 6 heteroatoms. The number of nitrogens with zero attached hydrogens (tertiary/aromatic N) is 2. The van der Waals surface area contributed by atoms with Gasteiger partial charge in [0.15, 0.2) is 0 Å². The summed E-state index contributed by atoms with van der Waals surface area (Å²) in [5.41, 5.74) is 2.08. The molecule has 0 spiro atoms. The third-order valence-electron chi connectivity index (χ3n) is 5.28. The van der Waals surface area contributed by atoms with Crippen LogP contribution in [0, 0.1) is 0 Å². The molecule has 1 aliphatic rings. The van der Waals surface area contributed by atoms with E-state index in [0.29, 0.717) is 19.7 Å². The van der Waals surface area contributed by atoms with E-state index in [4.69, 9.17) is 4.74 Å². The van der Waals surface area contributed by atoms with Crippen LogP contribution in [0.15, 0.2) is 78.0 Å². The van der Waals surface area contributed by atoms with Crippen LogP contribution in [0.2, 0.25) is 0 Å². The molecule has 29 heavy (non-hydrogen) atoms. The maximum absolute atomic E-state index is 12.8. The van der Waals surface area contributed by atoms with Crippen LogP contribution in [0.1, 0.15) is 33.8 Å². The molecule has 1 aromatic heterocycles. The van der Waals surface area contributed by atoms with Crippen molar-refractivity contribution >= 4 is 5.91 Å². The maximum atomic E-state index is 12.8. The van der Waals surface area contributed by atoms with Crippen molar-refractivity contribution < 1.29 is 9.53 Å². The van der Waals surface area contributed by atoms with Gasteiger partial charge < -0.3 is 14.6 Å². The molecule has 1 atom stereocenters. The first-order chi connectivity index (χ1) is 14.2. The SMILES string of the molecule is O=C(c1cnc[nH]c1=O)N1CCOC(CC(c2ccccc2)c2ccccc2)C1. The van der Waals surface area contributed by atoms with Crippen LogP contribution in [0.25, 0.3) is 0 Å². The molecule has 4 rings (SSSR count). The Labute approximate surface area is 169 Å². The molecular weight excluding hydrogens is 366 g/mol. The fourth-order valence-corrected chi connectivity index (χ4v) is 3.81. The molecular formula is C23H23N3O3. The Morgan fingerprint density at radius 3 is 2.38 bits per heavy atom. The third kappa shape index (κ3) is 4.43. The standard InChI is InChI=1S/C23H23N3O3/c27-22-21(14-24-16-25-22)23(28)26-11-12-29-19(15-26)13-20(17-7-3-1-4-8-17)18-9-5-2-6-10-18/h1-10,14,16,19-20H,11-13,15H2,(H,24,25,27). The normalized spacial score (nSPS) is 16.7. The summed E-state index contributed by atoms with van der Waals surface area (Å²) in [6.45, 7) is 1.36. The minimum atomic E-state index is -0.417. The van der Waals surface area contributed by atoms with Gasteiger partial charge in [-0.05, 0) is 17.5 Å². The zero-order chi connectivity index (χ0) is 20.1. The highest BCUT2D eigenvalue weighted by atomic mass is 16.5. The van der Waals surface area contributed by atoms with Crippen molar-refractivity contribution in [3.63, 3.8) is 0 Å². The molecule has 0 saturated carbocycles. The molecule has 0 aliphatic carbocycles. The van der Waals surface area contributed by atoms with Gasteiger partial charge in [-0.15, -0.1) is 0 Å². The quantitative estimate of drug-likeness (QED) is 0.728. The highest BCUT2D eigenvalue weighted by Gasteiger charge is 2.29. The van der Waals surface area contributed by atoms with Crippen LogP contribution >= 0.6 is 0 Å². The monoisotopic (exact) mass is 389 g/mol. The van der Waals surface area contributed by atoms with Gasteiger partial charge in [0.1, 0.15) is 5.56 Å². The maximum Gasteiger partial charge on any atom is 0.263 e. The van der Waals surface area contributed by atoms with Gasteiger partial charge in [0.05, 0.1) is 19.0 Å². The van der Waals surface area contributed by atoms with Crippen molar-refractivity contribution in [3.8, 4) is 0 Å². The van der Waals surface area contributed by atoms with E-state index in [1.54, 1.807) is 4.90 Å². The summed E-state index contributed by atoms with van der Waals surface area (Å²) >= 11 is 0. The summed E-state index contributed by atoms with van der Waals surface area (Å²) in [6, 6.07) is 20.7. The topological polar surface area (TPSA) is 75.3 Å². The number of hydrogen-bond donors (Lipinski definition) is 1. The molecule has 1 amide bonds. The van der Waals surface area contributed by atoms with E-state index < -0.39 is 5.56 Å². The number of rotatable bonds is 5. The Balaban J connectivity index is 1.53. The lowest BCUT2D eigenvalue weighted by Gasteiger charge is -2.34. The largest absolute Gasteiger partial charge is 0.375 e. The van der Waals surface area contributed by atoms with Crippen molar-refractivity contribution in [3.05, 3.63) is 100 Å². The number of hydrogen-bond acceptors (Lipinski definition) is 4. The Morgan fingerprint density at radius 1 is 1.10 bits per heavy atom. The fourth-order valence-electron chi connectivity index (χ4n) is 3.81. The van der Waals surface area contributed by atoms with Crippen LogP contribution in [0.5, 0.6) is 0 Å².